The van der Waals surface area contributed by atoms with Crippen LogP contribution in [0.5, 0.6) is 11.5 Å². The van der Waals surface area contributed by atoms with Crippen LogP contribution in [0, 0.1) is 13.8 Å². The van der Waals surface area contributed by atoms with Gasteiger partial charge in [0.25, 0.3) is 11.8 Å². The van der Waals surface area contributed by atoms with Crippen LogP contribution in [0.3, 0.4) is 0 Å². The van der Waals surface area contributed by atoms with Crippen molar-refractivity contribution in [1.29, 1.82) is 0 Å². The van der Waals surface area contributed by atoms with E-state index in [4.69, 9.17) is 9.47 Å². The van der Waals surface area contributed by atoms with Crippen LogP contribution >= 0.6 is 0 Å². The Bertz CT molecular complexity index is 1170. The lowest BCUT2D eigenvalue weighted by Gasteiger charge is -2.12. The smallest absolute Gasteiger partial charge is 0.308 e. The predicted molar refractivity (Wildman–Crippen MR) is 125 cm³/mol. The topological polar surface area (TPSA) is 93.7 Å². The van der Waals surface area contributed by atoms with Gasteiger partial charge in [0.15, 0.2) is 6.61 Å². The highest BCUT2D eigenvalue weighted by Gasteiger charge is 2.10. The molecule has 0 saturated heterocycles. The first-order valence-electron chi connectivity index (χ1n) is 10.5. The number of aryl methyl sites for hydroxylation is 1. The number of esters is 1. The molecule has 0 aliphatic heterocycles. The minimum atomic E-state index is -0.457. The van der Waals surface area contributed by atoms with E-state index in [-0.39, 0.29) is 18.4 Å². The minimum absolute atomic E-state index is 0.0839. The lowest BCUT2D eigenvalue weighted by molar-refractivity contribution is -0.131. The van der Waals surface area contributed by atoms with Crippen molar-refractivity contribution in [2.45, 2.75) is 27.3 Å². The quantitative estimate of drug-likeness (QED) is 0.400. The molecule has 3 rings (SSSR count). The molecule has 0 aliphatic rings. The van der Waals surface area contributed by atoms with E-state index in [9.17, 15) is 14.4 Å². The number of anilines is 1. The molecule has 0 saturated carbocycles. The van der Waals surface area contributed by atoms with Gasteiger partial charge in [0.1, 0.15) is 11.5 Å². The molecule has 0 fully saturated rings. The average Bonchev–Trinajstić information content (AvgIpc) is 2.78. The Kier molecular flexibility index (Phi) is 7.81. The van der Waals surface area contributed by atoms with Crippen LogP contribution in [-0.2, 0) is 16.1 Å². The highest BCUT2D eigenvalue weighted by Crippen LogP contribution is 2.20. The second-order valence-corrected chi connectivity index (χ2v) is 7.54. The summed E-state index contributed by atoms with van der Waals surface area (Å²) in [6.45, 7) is 5.45. The van der Waals surface area contributed by atoms with Crippen LogP contribution in [0.2, 0.25) is 0 Å². The monoisotopic (exact) mass is 446 g/mol. The molecule has 3 aromatic carbocycles. The van der Waals surface area contributed by atoms with Gasteiger partial charge < -0.3 is 20.1 Å². The van der Waals surface area contributed by atoms with Gasteiger partial charge in [-0.05, 0) is 66.9 Å². The van der Waals surface area contributed by atoms with Gasteiger partial charge in [0.2, 0.25) is 0 Å². The number of hydrogen-bond donors (Lipinski definition) is 2. The molecule has 170 valence electrons. The zero-order valence-electron chi connectivity index (χ0n) is 18.8. The molecule has 2 amide bonds. The Hall–Kier alpha value is -4.13. The Labute approximate surface area is 192 Å². The summed E-state index contributed by atoms with van der Waals surface area (Å²) < 4.78 is 10.6. The molecule has 7 nitrogen and oxygen atoms in total. The van der Waals surface area contributed by atoms with Crippen molar-refractivity contribution >= 4 is 23.5 Å². The van der Waals surface area contributed by atoms with E-state index in [1.54, 1.807) is 36.4 Å². The molecule has 0 unspecified atom stereocenters. The van der Waals surface area contributed by atoms with Crippen LogP contribution in [0.15, 0.2) is 66.7 Å². The summed E-state index contributed by atoms with van der Waals surface area (Å²) in [6.07, 6.45) is 0. The van der Waals surface area contributed by atoms with E-state index in [0.29, 0.717) is 29.3 Å². The number of hydrogen-bond acceptors (Lipinski definition) is 5. The van der Waals surface area contributed by atoms with Gasteiger partial charge in [-0.1, -0.05) is 30.3 Å². The standard InChI is InChI=1S/C26H26N2O5/c1-17-7-4-12-24(18(17)2)32-16-25(30)27-15-20-8-5-10-22(13-20)28-26(31)21-9-6-11-23(14-21)33-19(3)29/h4-14H,15-16H2,1-3H3,(H,27,30)(H,28,31). The molecule has 0 spiro atoms. The van der Waals surface area contributed by atoms with Gasteiger partial charge in [0.05, 0.1) is 0 Å². The third kappa shape index (κ3) is 6.93. The Morgan fingerprint density at radius 2 is 1.67 bits per heavy atom. The molecule has 0 aromatic heterocycles. The fourth-order valence-electron chi connectivity index (χ4n) is 3.10. The maximum atomic E-state index is 12.6. The van der Waals surface area contributed by atoms with Crippen LogP contribution in [0.4, 0.5) is 5.69 Å². The first-order chi connectivity index (χ1) is 15.8. The summed E-state index contributed by atoms with van der Waals surface area (Å²) >= 11 is 0. The molecule has 0 heterocycles. The summed E-state index contributed by atoms with van der Waals surface area (Å²) in [5.74, 6) is -0.0520. The molecule has 3 aromatic rings. The molecule has 0 atom stereocenters. The van der Waals surface area contributed by atoms with Gasteiger partial charge in [-0.25, -0.2) is 0 Å². The first kappa shape index (κ1) is 23.5. The maximum absolute atomic E-state index is 12.6. The molecule has 2 N–H and O–H groups in total. The van der Waals surface area contributed by atoms with E-state index >= 15 is 0 Å². The number of rotatable bonds is 8. The molecule has 7 heteroatoms. The summed E-state index contributed by atoms with van der Waals surface area (Å²) in [5.41, 5.74) is 3.87. The van der Waals surface area contributed by atoms with Crippen LogP contribution in [-0.4, -0.2) is 24.4 Å². The number of ether oxygens (including phenoxy) is 2. The third-order valence-corrected chi connectivity index (χ3v) is 4.95. The lowest BCUT2D eigenvalue weighted by Crippen LogP contribution is -2.28. The second kappa shape index (κ2) is 10.9. The number of carbonyl (C=O) groups is 3. The van der Waals surface area contributed by atoms with E-state index in [2.05, 4.69) is 10.6 Å². The summed E-state index contributed by atoms with van der Waals surface area (Å²) in [5, 5.41) is 5.62. The third-order valence-electron chi connectivity index (χ3n) is 4.95. The van der Waals surface area contributed by atoms with Crippen molar-refractivity contribution < 1.29 is 23.9 Å². The maximum Gasteiger partial charge on any atom is 0.308 e. The number of nitrogens with one attached hydrogen (secondary N) is 2. The van der Waals surface area contributed by atoms with Gasteiger partial charge >= 0.3 is 5.97 Å². The van der Waals surface area contributed by atoms with Crippen molar-refractivity contribution in [3.63, 3.8) is 0 Å². The molecule has 0 radical (unpaired) electrons. The summed E-state index contributed by atoms with van der Waals surface area (Å²) in [7, 11) is 0. The lowest BCUT2D eigenvalue weighted by atomic mass is 10.1. The number of amides is 2. The molecular weight excluding hydrogens is 420 g/mol. The van der Waals surface area contributed by atoms with Crippen LogP contribution < -0.4 is 20.1 Å². The molecule has 0 bridgehead atoms. The Morgan fingerprint density at radius 1 is 0.909 bits per heavy atom. The van der Waals surface area contributed by atoms with Crippen molar-refractivity contribution in [3.05, 3.63) is 89.0 Å². The average molecular weight is 447 g/mol. The van der Waals surface area contributed by atoms with Gasteiger partial charge in [-0.3, -0.25) is 14.4 Å². The molecular formula is C26H26N2O5. The highest BCUT2D eigenvalue weighted by atomic mass is 16.5. The van der Waals surface area contributed by atoms with E-state index in [0.717, 1.165) is 16.7 Å². The first-order valence-corrected chi connectivity index (χ1v) is 10.5. The normalized spacial score (nSPS) is 10.3. The second-order valence-electron chi connectivity index (χ2n) is 7.54. The van der Waals surface area contributed by atoms with Gasteiger partial charge in [0, 0.05) is 24.7 Å². The van der Waals surface area contributed by atoms with Crippen molar-refractivity contribution in [1.82, 2.24) is 5.32 Å². The summed E-state index contributed by atoms with van der Waals surface area (Å²) in [4.78, 5) is 35.9. The fraction of sp³-hybridized carbons (Fsp3) is 0.192. The zero-order valence-corrected chi connectivity index (χ0v) is 18.8. The number of benzene rings is 3. The zero-order chi connectivity index (χ0) is 23.8. The van der Waals surface area contributed by atoms with Crippen LogP contribution in [0.1, 0.15) is 34.0 Å². The summed E-state index contributed by atoms with van der Waals surface area (Å²) in [6, 6.07) is 19.3. The Balaban J connectivity index is 1.54. The highest BCUT2D eigenvalue weighted by molar-refractivity contribution is 6.04. The number of carbonyl (C=O) groups excluding carboxylic acids is 3. The van der Waals surface area contributed by atoms with Crippen molar-refractivity contribution in [2.75, 3.05) is 11.9 Å². The van der Waals surface area contributed by atoms with Gasteiger partial charge in [-0.2, -0.15) is 0 Å². The van der Waals surface area contributed by atoms with Crippen LogP contribution in [0.25, 0.3) is 0 Å². The Morgan fingerprint density at radius 3 is 2.45 bits per heavy atom. The van der Waals surface area contributed by atoms with E-state index in [1.807, 2.05) is 38.1 Å². The van der Waals surface area contributed by atoms with E-state index < -0.39 is 5.97 Å². The van der Waals surface area contributed by atoms with Crippen molar-refractivity contribution in [3.8, 4) is 11.5 Å². The molecule has 0 aliphatic carbocycles. The minimum Gasteiger partial charge on any atom is -0.483 e. The molecule has 33 heavy (non-hydrogen) atoms. The largest absolute Gasteiger partial charge is 0.483 e. The van der Waals surface area contributed by atoms with Gasteiger partial charge in [-0.15, -0.1) is 0 Å². The fourth-order valence-corrected chi connectivity index (χ4v) is 3.10. The predicted octanol–water partition coefficient (Wildman–Crippen LogP) is 4.18. The SMILES string of the molecule is CC(=O)Oc1cccc(C(=O)Nc2cccc(CNC(=O)COc3cccc(C)c3C)c2)c1. The van der Waals surface area contributed by atoms with E-state index in [1.165, 1.54) is 13.0 Å². The van der Waals surface area contributed by atoms with Crippen molar-refractivity contribution in [2.24, 2.45) is 0 Å².